The molecular formula is C14H16N4OS. The number of rotatable bonds is 5. The van der Waals surface area contributed by atoms with E-state index in [1.165, 1.54) is 11.8 Å². The van der Waals surface area contributed by atoms with Crippen molar-refractivity contribution in [3.8, 4) is 18.2 Å². The number of nitrogens with two attached hydrogens (primary N) is 1. The molecular weight excluding hydrogens is 272 g/mol. The van der Waals surface area contributed by atoms with Gasteiger partial charge in [-0.3, -0.25) is 0 Å². The molecule has 1 rings (SSSR count). The van der Waals surface area contributed by atoms with Crippen LogP contribution in [0.25, 0.3) is 0 Å². The Morgan fingerprint density at radius 3 is 2.35 bits per heavy atom. The Labute approximate surface area is 123 Å². The number of ether oxygens (including phenoxy) is 1. The van der Waals surface area contributed by atoms with Crippen LogP contribution in [0.3, 0.4) is 0 Å². The fourth-order valence-corrected chi connectivity index (χ4v) is 3.48. The number of allylic oxidation sites excluding steroid dienone is 1. The molecule has 2 N–H and O–H groups in total. The average Bonchev–Trinajstić information content (AvgIpc) is 2.71. The number of nitrogens with zero attached hydrogens (tertiary/aromatic N) is 3. The van der Waals surface area contributed by atoms with Crippen LogP contribution in [-0.4, -0.2) is 10.7 Å². The topological polar surface area (TPSA) is 107 Å². The van der Waals surface area contributed by atoms with Crippen LogP contribution in [0.1, 0.15) is 33.1 Å². The monoisotopic (exact) mass is 288 g/mol. The van der Waals surface area contributed by atoms with Crippen molar-refractivity contribution in [3.63, 3.8) is 0 Å². The minimum atomic E-state index is -0.888. The molecule has 0 aromatic rings. The molecule has 0 saturated carbocycles. The van der Waals surface area contributed by atoms with Gasteiger partial charge in [0, 0.05) is 6.42 Å². The van der Waals surface area contributed by atoms with Crippen molar-refractivity contribution in [1.29, 1.82) is 15.8 Å². The van der Waals surface area contributed by atoms with E-state index in [4.69, 9.17) is 21.0 Å². The lowest BCUT2D eigenvalue weighted by atomic mass is 9.95. The number of hydrogen-bond acceptors (Lipinski definition) is 6. The quantitative estimate of drug-likeness (QED) is 0.779. The fraction of sp³-hybridized carbons (Fsp3) is 0.500. The van der Waals surface area contributed by atoms with Crippen LogP contribution >= 0.6 is 11.8 Å². The van der Waals surface area contributed by atoms with Crippen LogP contribution in [0.2, 0.25) is 0 Å². The van der Waals surface area contributed by atoms with Crippen LogP contribution in [0.5, 0.6) is 0 Å². The molecule has 1 aliphatic heterocycles. The summed E-state index contributed by atoms with van der Waals surface area (Å²) in [6.45, 7) is 4.01. The molecule has 5 nitrogen and oxygen atoms in total. The van der Waals surface area contributed by atoms with Gasteiger partial charge in [0.2, 0.25) is 5.88 Å². The predicted molar refractivity (Wildman–Crippen MR) is 76.6 cm³/mol. The molecule has 1 atom stereocenters. The molecule has 0 aromatic carbocycles. The molecule has 0 fully saturated rings. The van der Waals surface area contributed by atoms with Crippen LogP contribution in [-0.2, 0) is 4.74 Å². The highest BCUT2D eigenvalue weighted by Gasteiger charge is 2.47. The Bertz CT molecular complexity index is 557. The Balaban J connectivity index is 3.47. The first-order valence-corrected chi connectivity index (χ1v) is 7.36. The Morgan fingerprint density at radius 1 is 1.25 bits per heavy atom. The summed E-state index contributed by atoms with van der Waals surface area (Å²) in [7, 11) is 0. The summed E-state index contributed by atoms with van der Waals surface area (Å²) in [6, 6.07) is 5.66. The standard InChI is InChI=1S/C14H16N4OS/c1-3-5-14(20-6-4-2)12(10(7-15)8-16)11(9-17)13(18)19-14/h3-6,18H2,1-2H3. The van der Waals surface area contributed by atoms with E-state index < -0.39 is 4.93 Å². The van der Waals surface area contributed by atoms with E-state index in [2.05, 4.69) is 0 Å². The van der Waals surface area contributed by atoms with E-state index in [-0.39, 0.29) is 17.0 Å². The first-order chi connectivity index (χ1) is 9.60. The van der Waals surface area contributed by atoms with E-state index >= 15 is 0 Å². The van der Waals surface area contributed by atoms with Crippen LogP contribution in [0.4, 0.5) is 0 Å². The zero-order chi connectivity index (χ0) is 15.2. The summed E-state index contributed by atoms with van der Waals surface area (Å²) < 4.78 is 5.73. The molecule has 1 heterocycles. The second-order valence-electron chi connectivity index (χ2n) is 4.28. The summed E-state index contributed by atoms with van der Waals surface area (Å²) in [6.07, 6.45) is 2.30. The normalized spacial score (nSPS) is 20.9. The molecule has 104 valence electrons. The highest BCUT2D eigenvalue weighted by Crippen LogP contribution is 2.49. The van der Waals surface area contributed by atoms with Gasteiger partial charge in [-0.05, 0) is 12.2 Å². The second kappa shape index (κ2) is 6.89. The molecule has 0 amide bonds. The lowest BCUT2D eigenvalue weighted by Gasteiger charge is -2.29. The van der Waals surface area contributed by atoms with Gasteiger partial charge in [0.1, 0.15) is 29.4 Å². The van der Waals surface area contributed by atoms with Crippen LogP contribution in [0, 0.1) is 34.0 Å². The zero-order valence-corrected chi connectivity index (χ0v) is 12.4. The Kier molecular flexibility index (Phi) is 5.50. The molecule has 1 unspecified atom stereocenters. The molecule has 0 radical (unpaired) electrons. The van der Waals surface area contributed by atoms with Crippen molar-refractivity contribution < 1.29 is 4.74 Å². The SMILES string of the molecule is CCCSC1(CCC)OC(N)=C(C#N)C1=C(C#N)C#N. The van der Waals surface area contributed by atoms with Gasteiger partial charge in [-0.2, -0.15) is 15.8 Å². The number of nitriles is 3. The second-order valence-corrected chi connectivity index (χ2v) is 5.63. The van der Waals surface area contributed by atoms with Crippen molar-refractivity contribution in [1.82, 2.24) is 0 Å². The largest absolute Gasteiger partial charge is 0.456 e. The van der Waals surface area contributed by atoms with E-state index in [9.17, 15) is 5.26 Å². The zero-order valence-electron chi connectivity index (χ0n) is 11.6. The summed E-state index contributed by atoms with van der Waals surface area (Å²) >= 11 is 1.49. The molecule has 0 saturated heterocycles. The first-order valence-electron chi connectivity index (χ1n) is 6.38. The summed E-state index contributed by atoms with van der Waals surface area (Å²) in [5.74, 6) is 0.794. The van der Waals surface area contributed by atoms with E-state index in [0.717, 1.165) is 18.6 Å². The molecule has 0 spiro atoms. The van der Waals surface area contributed by atoms with Gasteiger partial charge in [-0.1, -0.05) is 20.3 Å². The Hall–Kier alpha value is -2.10. The molecule has 0 aromatic heterocycles. The van der Waals surface area contributed by atoms with E-state index in [1.54, 1.807) is 0 Å². The maximum absolute atomic E-state index is 9.24. The minimum Gasteiger partial charge on any atom is -0.456 e. The van der Waals surface area contributed by atoms with Gasteiger partial charge in [-0.15, -0.1) is 11.8 Å². The van der Waals surface area contributed by atoms with E-state index in [1.807, 2.05) is 32.1 Å². The van der Waals surface area contributed by atoms with Gasteiger partial charge in [-0.25, -0.2) is 0 Å². The van der Waals surface area contributed by atoms with Gasteiger partial charge < -0.3 is 10.5 Å². The predicted octanol–water partition coefficient (Wildman–Crippen LogP) is 2.69. The van der Waals surface area contributed by atoms with Gasteiger partial charge in [0.05, 0.1) is 5.57 Å². The van der Waals surface area contributed by atoms with Crippen molar-refractivity contribution in [2.75, 3.05) is 5.75 Å². The van der Waals surface area contributed by atoms with Crippen molar-refractivity contribution in [3.05, 3.63) is 22.6 Å². The molecule has 6 heteroatoms. The molecule has 20 heavy (non-hydrogen) atoms. The lowest BCUT2D eigenvalue weighted by Crippen LogP contribution is -2.29. The van der Waals surface area contributed by atoms with Gasteiger partial charge in [0.25, 0.3) is 0 Å². The maximum Gasteiger partial charge on any atom is 0.204 e. The third kappa shape index (κ3) is 2.74. The first kappa shape index (κ1) is 16.0. The lowest BCUT2D eigenvalue weighted by molar-refractivity contribution is 0.125. The van der Waals surface area contributed by atoms with E-state index in [0.29, 0.717) is 12.0 Å². The summed E-state index contributed by atoms with van der Waals surface area (Å²) in [4.78, 5) is -0.888. The van der Waals surface area contributed by atoms with Crippen molar-refractivity contribution >= 4 is 11.8 Å². The number of thioether (sulfide) groups is 1. The summed E-state index contributed by atoms with van der Waals surface area (Å²) in [5.41, 5.74) is 6.12. The molecule has 0 aliphatic carbocycles. The highest BCUT2D eigenvalue weighted by atomic mass is 32.2. The minimum absolute atomic E-state index is 0.00236. The van der Waals surface area contributed by atoms with Gasteiger partial charge >= 0.3 is 0 Å². The Morgan fingerprint density at radius 2 is 1.90 bits per heavy atom. The number of hydrogen-bond donors (Lipinski definition) is 1. The maximum atomic E-state index is 9.24. The third-order valence-electron chi connectivity index (χ3n) is 2.86. The molecule has 0 bridgehead atoms. The van der Waals surface area contributed by atoms with Crippen molar-refractivity contribution in [2.24, 2.45) is 5.73 Å². The fourth-order valence-electron chi connectivity index (χ4n) is 2.10. The molecule has 1 aliphatic rings. The third-order valence-corrected chi connectivity index (χ3v) is 4.43. The van der Waals surface area contributed by atoms with Crippen LogP contribution in [0.15, 0.2) is 22.6 Å². The van der Waals surface area contributed by atoms with Crippen LogP contribution < -0.4 is 5.73 Å². The smallest absolute Gasteiger partial charge is 0.204 e. The van der Waals surface area contributed by atoms with Crippen molar-refractivity contribution in [2.45, 2.75) is 38.0 Å². The highest BCUT2D eigenvalue weighted by molar-refractivity contribution is 8.00. The van der Waals surface area contributed by atoms with Gasteiger partial charge in [0.15, 0.2) is 4.93 Å². The average molecular weight is 288 g/mol. The summed E-state index contributed by atoms with van der Waals surface area (Å²) in [5, 5.41) is 27.5.